The lowest BCUT2D eigenvalue weighted by atomic mass is 9.91. The van der Waals surface area contributed by atoms with Crippen molar-refractivity contribution in [1.82, 2.24) is 5.32 Å². The molecule has 0 bridgehead atoms. The molecule has 0 atom stereocenters. The lowest BCUT2D eigenvalue weighted by Crippen LogP contribution is -2.35. The van der Waals surface area contributed by atoms with Crippen molar-refractivity contribution in [3.63, 3.8) is 0 Å². The first-order valence-corrected chi connectivity index (χ1v) is 6.25. The fourth-order valence-electron chi connectivity index (χ4n) is 1.40. The summed E-state index contributed by atoms with van der Waals surface area (Å²) in [5.41, 5.74) is 0.274. The van der Waals surface area contributed by atoms with E-state index in [0.717, 1.165) is 0 Å². The summed E-state index contributed by atoms with van der Waals surface area (Å²) in [6.07, 6.45) is 0. The van der Waals surface area contributed by atoms with Crippen LogP contribution in [0.3, 0.4) is 0 Å². The molecule has 1 aromatic rings. The average Bonchev–Trinajstić information content (AvgIpc) is 2.42. The van der Waals surface area contributed by atoms with Gasteiger partial charge in [-0.2, -0.15) is 0 Å². The molecule has 0 unspecified atom stereocenters. The maximum atomic E-state index is 11.8. The van der Waals surface area contributed by atoms with Crippen molar-refractivity contribution in [3.05, 3.63) is 35.4 Å². The van der Waals surface area contributed by atoms with E-state index in [2.05, 4.69) is 10.1 Å². The van der Waals surface area contributed by atoms with Gasteiger partial charge in [0.25, 0.3) is 5.91 Å². The third kappa shape index (κ3) is 4.19. The van der Waals surface area contributed by atoms with Crippen LogP contribution >= 0.6 is 0 Å². The van der Waals surface area contributed by atoms with Crippen molar-refractivity contribution >= 4 is 17.7 Å². The Morgan fingerprint density at radius 2 is 1.55 bits per heavy atom. The van der Waals surface area contributed by atoms with Gasteiger partial charge >= 0.3 is 5.97 Å². The summed E-state index contributed by atoms with van der Waals surface area (Å²) in [7, 11) is 1.29. The van der Waals surface area contributed by atoms with Crippen LogP contribution in [0.1, 0.15) is 41.5 Å². The zero-order chi connectivity index (χ0) is 15.3. The van der Waals surface area contributed by atoms with Gasteiger partial charge in [-0.15, -0.1) is 0 Å². The number of Topliss-reactive ketones (excluding diaryl/α,β-unsaturated/α-hetero) is 1. The van der Waals surface area contributed by atoms with Crippen molar-refractivity contribution < 1.29 is 19.1 Å². The van der Waals surface area contributed by atoms with Gasteiger partial charge in [-0.05, 0) is 24.3 Å². The Morgan fingerprint density at radius 3 is 2.00 bits per heavy atom. The Bertz CT molecular complexity index is 512. The molecule has 5 heteroatoms. The summed E-state index contributed by atoms with van der Waals surface area (Å²) in [5.74, 6) is -0.851. The first-order valence-electron chi connectivity index (χ1n) is 6.25. The summed E-state index contributed by atoms with van der Waals surface area (Å²) < 4.78 is 4.57. The number of nitrogens with one attached hydrogen (secondary N) is 1. The molecule has 0 saturated heterocycles. The van der Waals surface area contributed by atoms with E-state index in [1.54, 1.807) is 20.8 Å². The van der Waals surface area contributed by atoms with Crippen LogP contribution in [0.4, 0.5) is 0 Å². The average molecular weight is 277 g/mol. The van der Waals surface area contributed by atoms with Crippen LogP contribution < -0.4 is 5.32 Å². The molecule has 1 aromatic carbocycles. The maximum absolute atomic E-state index is 11.8. The van der Waals surface area contributed by atoms with Crippen molar-refractivity contribution in [2.75, 3.05) is 13.7 Å². The quantitative estimate of drug-likeness (QED) is 0.852. The molecule has 0 aliphatic rings. The first kappa shape index (κ1) is 15.9. The molecule has 0 aromatic heterocycles. The van der Waals surface area contributed by atoms with E-state index in [1.807, 2.05) is 0 Å². The topological polar surface area (TPSA) is 72.5 Å². The standard InChI is InChI=1S/C15H19NO4/c1-15(2,3)12(17)9-16-13(18)10-5-7-11(8-6-10)14(19)20-4/h5-8H,9H2,1-4H3,(H,16,18). The molecular formula is C15H19NO4. The number of rotatable bonds is 4. The molecule has 5 nitrogen and oxygen atoms in total. The molecule has 0 fully saturated rings. The number of hydrogen-bond acceptors (Lipinski definition) is 4. The van der Waals surface area contributed by atoms with Gasteiger partial charge in [-0.3, -0.25) is 9.59 Å². The Hall–Kier alpha value is -2.17. The minimum atomic E-state index is -0.484. The largest absolute Gasteiger partial charge is 0.465 e. The molecule has 1 amide bonds. The van der Waals surface area contributed by atoms with Crippen molar-refractivity contribution in [1.29, 1.82) is 0 Å². The summed E-state index contributed by atoms with van der Waals surface area (Å²) >= 11 is 0. The predicted molar refractivity (Wildman–Crippen MR) is 74.6 cm³/mol. The van der Waals surface area contributed by atoms with Gasteiger partial charge in [0.2, 0.25) is 0 Å². The highest BCUT2D eigenvalue weighted by molar-refractivity contribution is 5.98. The van der Waals surface area contributed by atoms with Gasteiger partial charge in [0, 0.05) is 11.0 Å². The van der Waals surface area contributed by atoms with Gasteiger partial charge in [0.1, 0.15) is 0 Å². The second-order valence-corrected chi connectivity index (χ2v) is 5.42. The van der Waals surface area contributed by atoms with Crippen LogP contribution in [0, 0.1) is 5.41 Å². The second-order valence-electron chi connectivity index (χ2n) is 5.42. The van der Waals surface area contributed by atoms with E-state index in [0.29, 0.717) is 11.1 Å². The Kier molecular flexibility index (Phi) is 5.02. The number of carbonyl (C=O) groups excluding carboxylic acids is 3. The lowest BCUT2D eigenvalue weighted by Gasteiger charge is -2.16. The molecule has 0 radical (unpaired) electrons. The monoisotopic (exact) mass is 277 g/mol. The van der Waals surface area contributed by atoms with Crippen molar-refractivity contribution in [2.24, 2.45) is 5.41 Å². The fraction of sp³-hybridized carbons (Fsp3) is 0.400. The van der Waals surface area contributed by atoms with Gasteiger partial charge in [-0.25, -0.2) is 4.79 Å². The zero-order valence-electron chi connectivity index (χ0n) is 12.1. The van der Waals surface area contributed by atoms with Gasteiger partial charge in [-0.1, -0.05) is 20.8 Å². The Balaban J connectivity index is 2.65. The van der Waals surface area contributed by atoms with E-state index in [4.69, 9.17) is 0 Å². The molecule has 108 valence electrons. The molecule has 20 heavy (non-hydrogen) atoms. The number of ketones is 1. The van der Waals surface area contributed by atoms with Crippen LogP contribution in [0.2, 0.25) is 0 Å². The zero-order valence-corrected chi connectivity index (χ0v) is 12.1. The lowest BCUT2D eigenvalue weighted by molar-refractivity contribution is -0.125. The third-order valence-corrected chi connectivity index (χ3v) is 2.81. The normalized spacial score (nSPS) is 10.8. The molecule has 0 saturated carbocycles. The summed E-state index contributed by atoms with van der Waals surface area (Å²) in [6.45, 7) is 5.38. The number of hydrogen-bond donors (Lipinski definition) is 1. The molecule has 0 aliphatic heterocycles. The third-order valence-electron chi connectivity index (χ3n) is 2.81. The van der Waals surface area contributed by atoms with Gasteiger partial charge < -0.3 is 10.1 Å². The van der Waals surface area contributed by atoms with E-state index < -0.39 is 11.4 Å². The second kappa shape index (κ2) is 6.32. The smallest absolute Gasteiger partial charge is 0.337 e. The molecule has 0 heterocycles. The van der Waals surface area contributed by atoms with Crippen molar-refractivity contribution in [2.45, 2.75) is 20.8 Å². The van der Waals surface area contributed by atoms with Crippen LogP contribution in [0.25, 0.3) is 0 Å². The number of benzene rings is 1. The molecule has 1 N–H and O–H groups in total. The number of esters is 1. The van der Waals surface area contributed by atoms with E-state index in [-0.39, 0.29) is 18.2 Å². The predicted octanol–water partition coefficient (Wildman–Crippen LogP) is 1.82. The fourth-order valence-corrected chi connectivity index (χ4v) is 1.40. The molecule has 0 spiro atoms. The molecular weight excluding hydrogens is 258 g/mol. The summed E-state index contributed by atoms with van der Waals surface area (Å²) in [5, 5.41) is 2.56. The highest BCUT2D eigenvalue weighted by Crippen LogP contribution is 2.13. The minimum absolute atomic E-state index is 0.0128. The number of ether oxygens (including phenoxy) is 1. The minimum Gasteiger partial charge on any atom is -0.465 e. The van der Waals surface area contributed by atoms with Crippen LogP contribution in [0.15, 0.2) is 24.3 Å². The van der Waals surface area contributed by atoms with Crippen LogP contribution in [-0.4, -0.2) is 31.3 Å². The van der Waals surface area contributed by atoms with Crippen LogP contribution in [-0.2, 0) is 9.53 Å². The number of carbonyl (C=O) groups is 3. The maximum Gasteiger partial charge on any atom is 0.337 e. The Labute approximate surface area is 118 Å². The number of amides is 1. The Morgan fingerprint density at radius 1 is 1.05 bits per heavy atom. The van der Waals surface area contributed by atoms with Gasteiger partial charge in [0.05, 0.1) is 19.2 Å². The summed E-state index contributed by atoms with van der Waals surface area (Å²) in [6, 6.07) is 6.05. The molecule has 0 aliphatic carbocycles. The van der Waals surface area contributed by atoms with E-state index in [1.165, 1.54) is 31.4 Å². The van der Waals surface area contributed by atoms with Gasteiger partial charge in [0.15, 0.2) is 5.78 Å². The molecule has 1 rings (SSSR count). The SMILES string of the molecule is COC(=O)c1ccc(C(=O)NCC(=O)C(C)(C)C)cc1. The van der Waals surface area contributed by atoms with Crippen LogP contribution in [0.5, 0.6) is 0 Å². The highest BCUT2D eigenvalue weighted by Gasteiger charge is 2.21. The highest BCUT2D eigenvalue weighted by atomic mass is 16.5. The van der Waals surface area contributed by atoms with Crippen molar-refractivity contribution in [3.8, 4) is 0 Å². The first-order chi connectivity index (χ1) is 9.25. The van der Waals surface area contributed by atoms with E-state index >= 15 is 0 Å². The van der Waals surface area contributed by atoms with E-state index in [9.17, 15) is 14.4 Å². The number of methoxy groups -OCH3 is 1. The summed E-state index contributed by atoms with van der Waals surface area (Å²) in [4.78, 5) is 34.8.